The van der Waals surface area contributed by atoms with Crippen LogP contribution in [0.2, 0.25) is 0 Å². The molecule has 0 unspecified atom stereocenters. The number of piperidine rings is 2. The number of likely N-dealkylation sites (tertiary alicyclic amines) is 2. The van der Waals surface area contributed by atoms with Gasteiger partial charge < -0.3 is 19.6 Å². The van der Waals surface area contributed by atoms with Crippen LogP contribution in [-0.2, 0) is 20.7 Å². The molecule has 158 valence electrons. The summed E-state index contributed by atoms with van der Waals surface area (Å²) in [6.07, 6.45) is 5.63. The molecular formula is C22H29FN2O4. The highest BCUT2D eigenvalue weighted by molar-refractivity contribution is 5.79. The zero-order valence-corrected chi connectivity index (χ0v) is 16.7. The summed E-state index contributed by atoms with van der Waals surface area (Å²) in [5.74, 6) is -0.904. The minimum absolute atomic E-state index is 0.0203. The van der Waals surface area contributed by atoms with E-state index in [4.69, 9.17) is 4.74 Å². The molecule has 0 saturated carbocycles. The smallest absolute Gasteiger partial charge is 0.226 e. The molecular weight excluding hydrogens is 375 g/mol. The number of hydrogen-bond donors (Lipinski definition) is 1. The first-order chi connectivity index (χ1) is 13.9. The maximum atomic E-state index is 13.5. The van der Waals surface area contributed by atoms with Crippen LogP contribution in [0.3, 0.4) is 0 Å². The van der Waals surface area contributed by atoms with E-state index in [-0.39, 0.29) is 29.8 Å². The Hall–Kier alpha value is -2.15. The summed E-state index contributed by atoms with van der Waals surface area (Å²) in [4.78, 5) is 28.9. The summed E-state index contributed by atoms with van der Waals surface area (Å²) in [7, 11) is 0. The molecule has 2 amide bonds. The van der Waals surface area contributed by atoms with Gasteiger partial charge in [0.15, 0.2) is 11.6 Å². The predicted molar refractivity (Wildman–Crippen MR) is 105 cm³/mol. The van der Waals surface area contributed by atoms with E-state index in [0.717, 1.165) is 45.3 Å². The second kappa shape index (κ2) is 8.30. The number of aromatic hydroxyl groups is 1. The van der Waals surface area contributed by atoms with E-state index in [0.29, 0.717) is 31.6 Å². The molecule has 1 atom stereocenters. The molecule has 3 heterocycles. The summed E-state index contributed by atoms with van der Waals surface area (Å²) in [5.41, 5.74) is 0.657. The lowest BCUT2D eigenvalue weighted by Gasteiger charge is -2.47. The molecule has 1 spiro atoms. The van der Waals surface area contributed by atoms with E-state index >= 15 is 0 Å². The number of ether oxygens (including phenoxy) is 1. The summed E-state index contributed by atoms with van der Waals surface area (Å²) < 4.78 is 19.2. The molecule has 1 aromatic carbocycles. The minimum Gasteiger partial charge on any atom is -0.505 e. The van der Waals surface area contributed by atoms with Gasteiger partial charge in [-0.25, -0.2) is 4.39 Å². The van der Waals surface area contributed by atoms with Gasteiger partial charge in [-0.15, -0.1) is 0 Å². The fourth-order valence-corrected chi connectivity index (χ4v) is 4.89. The largest absolute Gasteiger partial charge is 0.505 e. The Morgan fingerprint density at radius 1 is 1.28 bits per heavy atom. The van der Waals surface area contributed by atoms with Crippen LogP contribution in [-0.4, -0.2) is 65.6 Å². The Bertz CT molecular complexity index is 770. The molecule has 1 aromatic rings. The van der Waals surface area contributed by atoms with Gasteiger partial charge in [0.25, 0.3) is 0 Å². The third kappa shape index (κ3) is 4.55. The van der Waals surface area contributed by atoms with Gasteiger partial charge in [-0.1, -0.05) is 6.07 Å². The number of rotatable bonds is 4. The molecule has 7 heteroatoms. The zero-order valence-electron chi connectivity index (χ0n) is 16.7. The molecule has 3 fully saturated rings. The van der Waals surface area contributed by atoms with Crippen LogP contribution < -0.4 is 0 Å². The number of halogens is 1. The molecule has 3 aliphatic rings. The molecule has 29 heavy (non-hydrogen) atoms. The fourth-order valence-electron chi connectivity index (χ4n) is 4.89. The molecule has 1 N–H and O–H groups in total. The van der Waals surface area contributed by atoms with Crippen LogP contribution in [0, 0.1) is 11.2 Å². The molecule has 6 nitrogen and oxygen atoms in total. The van der Waals surface area contributed by atoms with Crippen molar-refractivity contribution in [2.75, 3.05) is 32.8 Å². The SMILES string of the molecule is O=C(Cc1ccc(O)c(F)c1)N1CCC2(CCC(=O)N(C[C@H]3CCCO3)C2)CC1. The lowest BCUT2D eigenvalue weighted by Crippen LogP contribution is -2.53. The topological polar surface area (TPSA) is 70.1 Å². The number of nitrogens with zero attached hydrogens (tertiary/aromatic N) is 2. The number of hydrogen-bond acceptors (Lipinski definition) is 4. The van der Waals surface area contributed by atoms with Crippen molar-refractivity contribution in [3.63, 3.8) is 0 Å². The first-order valence-corrected chi connectivity index (χ1v) is 10.6. The molecule has 0 bridgehead atoms. The van der Waals surface area contributed by atoms with Crippen LogP contribution in [0.25, 0.3) is 0 Å². The van der Waals surface area contributed by atoms with Crippen LogP contribution >= 0.6 is 0 Å². The quantitative estimate of drug-likeness (QED) is 0.837. The summed E-state index contributed by atoms with van der Waals surface area (Å²) >= 11 is 0. The minimum atomic E-state index is -0.703. The van der Waals surface area contributed by atoms with E-state index in [9.17, 15) is 19.1 Å². The molecule has 4 rings (SSSR count). The van der Waals surface area contributed by atoms with Crippen molar-refractivity contribution in [1.82, 2.24) is 9.80 Å². The maximum absolute atomic E-state index is 13.5. The summed E-state index contributed by atoms with van der Waals surface area (Å²) in [6.45, 7) is 3.58. The second-order valence-corrected chi connectivity index (χ2v) is 8.75. The van der Waals surface area contributed by atoms with E-state index < -0.39 is 11.6 Å². The Morgan fingerprint density at radius 3 is 2.76 bits per heavy atom. The number of carbonyl (C=O) groups is 2. The van der Waals surface area contributed by atoms with Gasteiger partial charge in [-0.05, 0) is 55.2 Å². The first-order valence-electron chi connectivity index (χ1n) is 10.6. The van der Waals surface area contributed by atoms with Crippen molar-refractivity contribution >= 4 is 11.8 Å². The third-order valence-corrected chi connectivity index (χ3v) is 6.74. The number of phenolic OH excluding ortho intramolecular Hbond substituents is 1. The van der Waals surface area contributed by atoms with Gasteiger partial charge in [0.1, 0.15) is 0 Å². The van der Waals surface area contributed by atoms with Crippen molar-refractivity contribution in [2.24, 2.45) is 5.41 Å². The van der Waals surface area contributed by atoms with Gasteiger partial charge in [0.2, 0.25) is 11.8 Å². The van der Waals surface area contributed by atoms with E-state index in [2.05, 4.69) is 0 Å². The van der Waals surface area contributed by atoms with Crippen molar-refractivity contribution in [1.29, 1.82) is 0 Å². The van der Waals surface area contributed by atoms with E-state index in [1.807, 2.05) is 9.80 Å². The van der Waals surface area contributed by atoms with Crippen molar-refractivity contribution in [3.8, 4) is 5.75 Å². The average Bonchev–Trinajstić information content (AvgIpc) is 3.21. The normalized spacial score (nSPS) is 24.3. The van der Waals surface area contributed by atoms with Gasteiger partial charge in [-0.3, -0.25) is 9.59 Å². The average molecular weight is 404 g/mol. The van der Waals surface area contributed by atoms with Crippen molar-refractivity contribution < 1.29 is 23.8 Å². The zero-order chi connectivity index (χ0) is 20.4. The van der Waals surface area contributed by atoms with Crippen LogP contribution in [0.4, 0.5) is 4.39 Å². The number of phenols is 1. The van der Waals surface area contributed by atoms with E-state index in [1.165, 1.54) is 12.1 Å². The predicted octanol–water partition coefficient (Wildman–Crippen LogP) is 2.48. The number of carbonyl (C=O) groups excluding carboxylic acids is 2. The van der Waals surface area contributed by atoms with Crippen molar-refractivity contribution in [3.05, 3.63) is 29.6 Å². The molecule has 0 aliphatic carbocycles. The second-order valence-electron chi connectivity index (χ2n) is 8.75. The number of amides is 2. The highest BCUT2D eigenvalue weighted by Crippen LogP contribution is 2.40. The standard InChI is InChI=1S/C22H29FN2O4/c23-18-12-16(3-4-19(18)26)13-21(28)24-9-7-22(8-10-24)6-5-20(27)25(15-22)14-17-2-1-11-29-17/h3-4,12,17,26H,1-2,5-11,13-15H2/t17-/m1/s1. The molecule has 3 aliphatic heterocycles. The Kier molecular flexibility index (Phi) is 5.76. The van der Waals surface area contributed by atoms with Crippen LogP contribution in [0.5, 0.6) is 5.75 Å². The van der Waals surface area contributed by atoms with Gasteiger partial charge >= 0.3 is 0 Å². The fraction of sp³-hybridized carbons (Fsp3) is 0.636. The number of benzene rings is 1. The summed E-state index contributed by atoms with van der Waals surface area (Å²) in [6, 6.07) is 4.08. The van der Waals surface area contributed by atoms with Gasteiger partial charge in [0.05, 0.1) is 12.5 Å². The first kappa shape index (κ1) is 20.1. The molecule has 0 aromatic heterocycles. The Balaban J connectivity index is 1.32. The maximum Gasteiger partial charge on any atom is 0.226 e. The lowest BCUT2D eigenvalue weighted by molar-refractivity contribution is -0.143. The van der Waals surface area contributed by atoms with Crippen LogP contribution in [0.15, 0.2) is 18.2 Å². The Morgan fingerprint density at radius 2 is 2.07 bits per heavy atom. The monoisotopic (exact) mass is 404 g/mol. The van der Waals surface area contributed by atoms with Crippen LogP contribution in [0.1, 0.15) is 44.1 Å². The van der Waals surface area contributed by atoms with E-state index in [1.54, 1.807) is 6.07 Å². The van der Waals surface area contributed by atoms with Gasteiger partial charge in [-0.2, -0.15) is 0 Å². The van der Waals surface area contributed by atoms with Gasteiger partial charge in [0, 0.05) is 39.2 Å². The summed E-state index contributed by atoms with van der Waals surface area (Å²) in [5, 5.41) is 9.29. The third-order valence-electron chi connectivity index (χ3n) is 6.74. The Labute approximate surface area is 170 Å². The highest BCUT2D eigenvalue weighted by Gasteiger charge is 2.42. The molecule has 0 radical (unpaired) electrons. The highest BCUT2D eigenvalue weighted by atomic mass is 19.1. The van der Waals surface area contributed by atoms with Crippen molar-refractivity contribution in [2.45, 2.75) is 51.0 Å². The lowest BCUT2D eigenvalue weighted by atomic mass is 9.72. The molecule has 3 saturated heterocycles.